The summed E-state index contributed by atoms with van der Waals surface area (Å²) in [6.45, 7) is 3.20. The minimum Gasteiger partial charge on any atom is -0.393 e. The summed E-state index contributed by atoms with van der Waals surface area (Å²) in [5.74, 6) is 0.0821. The predicted octanol–water partition coefficient (Wildman–Crippen LogP) is 2.61. The Balaban J connectivity index is 2.30. The van der Waals surface area contributed by atoms with Crippen molar-refractivity contribution in [3.63, 3.8) is 0 Å². The van der Waals surface area contributed by atoms with E-state index in [0.29, 0.717) is 0 Å². The van der Waals surface area contributed by atoms with E-state index in [1.165, 1.54) is 0 Å². The van der Waals surface area contributed by atoms with Gasteiger partial charge in [-0.15, -0.1) is 0 Å². The number of hydrogen-bond acceptors (Lipinski definition) is 3. The molecular formula is C13H16BrNO2. The van der Waals surface area contributed by atoms with Crippen LogP contribution in [0.3, 0.4) is 0 Å². The molecular weight excluding hydrogens is 282 g/mol. The summed E-state index contributed by atoms with van der Waals surface area (Å²) in [7, 11) is 0. The minimum atomic E-state index is -0.195. The molecule has 2 rings (SSSR count). The highest BCUT2D eigenvalue weighted by Crippen LogP contribution is 2.28. The second-order valence-electron chi connectivity index (χ2n) is 4.44. The number of ketones is 1. The highest BCUT2D eigenvalue weighted by molar-refractivity contribution is 9.10. The van der Waals surface area contributed by atoms with Crippen molar-refractivity contribution in [2.45, 2.75) is 25.9 Å². The summed E-state index contributed by atoms with van der Waals surface area (Å²) in [4.78, 5) is 13.8. The minimum absolute atomic E-state index is 0.0821. The van der Waals surface area contributed by atoms with Gasteiger partial charge in [-0.05, 0) is 38.0 Å². The van der Waals surface area contributed by atoms with Crippen molar-refractivity contribution in [3.8, 4) is 0 Å². The highest BCUT2D eigenvalue weighted by Gasteiger charge is 2.20. The van der Waals surface area contributed by atoms with E-state index in [4.69, 9.17) is 0 Å². The second kappa shape index (κ2) is 5.19. The van der Waals surface area contributed by atoms with Gasteiger partial charge >= 0.3 is 0 Å². The molecule has 1 aliphatic heterocycles. The first kappa shape index (κ1) is 12.6. The smallest absolute Gasteiger partial charge is 0.161 e. The first-order valence-corrected chi connectivity index (χ1v) is 6.60. The van der Waals surface area contributed by atoms with E-state index in [1.807, 2.05) is 18.2 Å². The Morgan fingerprint density at radius 2 is 2.06 bits per heavy atom. The van der Waals surface area contributed by atoms with E-state index < -0.39 is 0 Å². The molecule has 0 unspecified atom stereocenters. The quantitative estimate of drug-likeness (QED) is 0.853. The van der Waals surface area contributed by atoms with Gasteiger partial charge in [0.15, 0.2) is 5.78 Å². The number of rotatable bonds is 2. The van der Waals surface area contributed by atoms with Gasteiger partial charge in [-0.25, -0.2) is 0 Å². The van der Waals surface area contributed by atoms with Gasteiger partial charge in [-0.3, -0.25) is 4.79 Å². The molecule has 1 aliphatic rings. The molecule has 0 spiro atoms. The Labute approximate surface area is 110 Å². The molecule has 0 radical (unpaired) electrons. The fourth-order valence-electron chi connectivity index (χ4n) is 2.17. The third kappa shape index (κ3) is 2.87. The molecule has 0 aliphatic carbocycles. The molecule has 0 amide bonds. The van der Waals surface area contributed by atoms with Crippen LogP contribution in [0.25, 0.3) is 0 Å². The summed E-state index contributed by atoms with van der Waals surface area (Å²) in [5, 5.41) is 9.50. The Bertz CT molecular complexity index is 425. The van der Waals surface area contributed by atoms with Crippen LogP contribution < -0.4 is 4.90 Å². The molecule has 0 bridgehead atoms. The molecule has 17 heavy (non-hydrogen) atoms. The average molecular weight is 298 g/mol. The SMILES string of the molecule is CC(=O)c1ccc(Br)cc1N1CCC(O)CC1. The second-order valence-corrected chi connectivity index (χ2v) is 5.35. The predicted molar refractivity (Wildman–Crippen MR) is 71.6 cm³/mol. The van der Waals surface area contributed by atoms with Gasteiger partial charge in [0.1, 0.15) is 0 Å². The van der Waals surface area contributed by atoms with Crippen LogP contribution in [0, 0.1) is 0 Å². The van der Waals surface area contributed by atoms with E-state index in [-0.39, 0.29) is 11.9 Å². The molecule has 3 nitrogen and oxygen atoms in total. The van der Waals surface area contributed by atoms with Gasteiger partial charge in [0, 0.05) is 28.8 Å². The Hall–Kier alpha value is -0.870. The number of aliphatic hydroxyl groups excluding tert-OH is 1. The largest absolute Gasteiger partial charge is 0.393 e. The molecule has 92 valence electrons. The molecule has 0 saturated carbocycles. The molecule has 1 aromatic carbocycles. The molecule has 0 aromatic heterocycles. The number of Topliss-reactive ketones (excluding diaryl/α,β-unsaturated/α-hetero) is 1. The fourth-order valence-corrected chi connectivity index (χ4v) is 2.52. The van der Waals surface area contributed by atoms with Crippen LogP contribution in [0.5, 0.6) is 0 Å². The average Bonchev–Trinajstić information content (AvgIpc) is 2.29. The number of carbonyl (C=O) groups is 1. The summed E-state index contributed by atoms with van der Waals surface area (Å²) in [6.07, 6.45) is 1.34. The van der Waals surface area contributed by atoms with Crippen molar-refractivity contribution >= 4 is 27.4 Å². The first-order valence-electron chi connectivity index (χ1n) is 5.81. The van der Waals surface area contributed by atoms with Gasteiger partial charge in [0.2, 0.25) is 0 Å². The van der Waals surface area contributed by atoms with E-state index in [2.05, 4.69) is 20.8 Å². The normalized spacial score (nSPS) is 17.2. The summed E-state index contributed by atoms with van der Waals surface area (Å²) in [5.41, 5.74) is 1.73. The maximum absolute atomic E-state index is 11.6. The lowest BCUT2D eigenvalue weighted by molar-refractivity contribution is 0.101. The molecule has 1 saturated heterocycles. The van der Waals surface area contributed by atoms with Crippen molar-refractivity contribution in [1.29, 1.82) is 0 Å². The van der Waals surface area contributed by atoms with E-state index >= 15 is 0 Å². The van der Waals surface area contributed by atoms with Crippen LogP contribution in [0.1, 0.15) is 30.1 Å². The summed E-state index contributed by atoms with van der Waals surface area (Å²) >= 11 is 3.44. The molecule has 1 aromatic rings. The van der Waals surface area contributed by atoms with Crippen molar-refractivity contribution < 1.29 is 9.90 Å². The van der Waals surface area contributed by atoms with Crippen molar-refractivity contribution in [2.24, 2.45) is 0 Å². The number of nitrogens with zero attached hydrogens (tertiary/aromatic N) is 1. The van der Waals surface area contributed by atoms with E-state index in [1.54, 1.807) is 6.92 Å². The standard InChI is InChI=1S/C13H16BrNO2/c1-9(16)12-3-2-10(14)8-13(12)15-6-4-11(17)5-7-15/h2-3,8,11,17H,4-7H2,1H3. The topological polar surface area (TPSA) is 40.5 Å². The van der Waals surface area contributed by atoms with Crippen LogP contribution in [0.2, 0.25) is 0 Å². The van der Waals surface area contributed by atoms with Gasteiger partial charge in [0.25, 0.3) is 0 Å². The van der Waals surface area contributed by atoms with E-state index in [9.17, 15) is 9.90 Å². The number of anilines is 1. The zero-order valence-electron chi connectivity index (χ0n) is 9.82. The van der Waals surface area contributed by atoms with Crippen LogP contribution in [-0.2, 0) is 0 Å². The van der Waals surface area contributed by atoms with Gasteiger partial charge in [-0.1, -0.05) is 15.9 Å². The van der Waals surface area contributed by atoms with Crippen LogP contribution in [-0.4, -0.2) is 30.1 Å². The summed E-state index contributed by atoms with van der Waals surface area (Å²) in [6, 6.07) is 5.72. The molecule has 4 heteroatoms. The molecule has 1 N–H and O–H groups in total. The Kier molecular flexibility index (Phi) is 3.84. The lowest BCUT2D eigenvalue weighted by Crippen LogP contribution is -2.36. The zero-order valence-corrected chi connectivity index (χ0v) is 11.4. The van der Waals surface area contributed by atoms with E-state index in [0.717, 1.165) is 41.7 Å². The number of benzene rings is 1. The molecule has 1 fully saturated rings. The van der Waals surface area contributed by atoms with Crippen molar-refractivity contribution in [3.05, 3.63) is 28.2 Å². The third-order valence-corrected chi connectivity index (χ3v) is 3.64. The maximum atomic E-state index is 11.6. The lowest BCUT2D eigenvalue weighted by Gasteiger charge is -2.32. The number of aliphatic hydroxyl groups is 1. The van der Waals surface area contributed by atoms with Gasteiger partial charge < -0.3 is 10.0 Å². The molecule has 1 heterocycles. The molecule has 0 atom stereocenters. The fraction of sp³-hybridized carbons (Fsp3) is 0.462. The van der Waals surface area contributed by atoms with Crippen molar-refractivity contribution in [1.82, 2.24) is 0 Å². The maximum Gasteiger partial charge on any atom is 0.161 e. The highest BCUT2D eigenvalue weighted by atomic mass is 79.9. The van der Waals surface area contributed by atoms with Crippen LogP contribution in [0.15, 0.2) is 22.7 Å². The Morgan fingerprint density at radius 3 is 2.65 bits per heavy atom. The first-order chi connectivity index (χ1) is 8.08. The third-order valence-electron chi connectivity index (χ3n) is 3.14. The number of carbonyl (C=O) groups excluding carboxylic acids is 1. The van der Waals surface area contributed by atoms with Crippen molar-refractivity contribution in [2.75, 3.05) is 18.0 Å². The van der Waals surface area contributed by atoms with Gasteiger partial charge in [0.05, 0.1) is 6.10 Å². The summed E-state index contributed by atoms with van der Waals surface area (Å²) < 4.78 is 0.976. The number of hydrogen-bond donors (Lipinski definition) is 1. The van der Waals surface area contributed by atoms with Crippen LogP contribution >= 0.6 is 15.9 Å². The Morgan fingerprint density at radius 1 is 1.41 bits per heavy atom. The van der Waals surface area contributed by atoms with Gasteiger partial charge in [-0.2, -0.15) is 0 Å². The number of halogens is 1. The lowest BCUT2D eigenvalue weighted by atomic mass is 10.0. The van der Waals surface area contributed by atoms with Crippen LogP contribution in [0.4, 0.5) is 5.69 Å². The monoisotopic (exact) mass is 297 g/mol. The zero-order chi connectivity index (χ0) is 12.4. The number of piperidine rings is 1.